The number of hydrogen-bond donors (Lipinski definition) is 1. The van der Waals surface area contributed by atoms with E-state index in [0.29, 0.717) is 30.8 Å². The van der Waals surface area contributed by atoms with Crippen molar-refractivity contribution in [2.45, 2.75) is 19.4 Å². The Morgan fingerprint density at radius 2 is 2.23 bits per heavy atom. The van der Waals surface area contributed by atoms with Crippen molar-refractivity contribution in [3.05, 3.63) is 42.0 Å². The Bertz CT molecular complexity index is 586. The molecule has 6 heteroatoms. The minimum atomic E-state index is -0.398. The maximum absolute atomic E-state index is 12.6. The van der Waals surface area contributed by atoms with Crippen molar-refractivity contribution in [1.82, 2.24) is 10.4 Å². The van der Waals surface area contributed by atoms with Gasteiger partial charge in [-0.2, -0.15) is 0 Å². The average molecular weight is 304 g/mol. The fourth-order valence-corrected chi connectivity index (χ4v) is 2.35. The van der Waals surface area contributed by atoms with Gasteiger partial charge in [0.25, 0.3) is 11.8 Å². The van der Waals surface area contributed by atoms with Gasteiger partial charge in [0, 0.05) is 13.1 Å². The van der Waals surface area contributed by atoms with Crippen LogP contribution >= 0.6 is 0 Å². The molecule has 6 nitrogen and oxygen atoms in total. The van der Waals surface area contributed by atoms with Crippen LogP contribution in [0.1, 0.15) is 22.3 Å². The maximum Gasteiger partial charge on any atom is 0.266 e. The standard InChI is InChI=1S/C16H20N2O4/c1-4-15(19)17-22-12-7-8-18(10-12)16(20)13-9-11(2)5-6-14(13)21-3/h4-6,9,12H,1,7-8,10H2,2-3H3,(H,17,19)/t12-/m0/s1. The number of methoxy groups -OCH3 is 1. The lowest BCUT2D eigenvalue weighted by atomic mass is 10.1. The lowest BCUT2D eigenvalue weighted by Crippen LogP contribution is -2.33. The number of carbonyl (C=O) groups excluding carboxylic acids is 2. The quantitative estimate of drug-likeness (QED) is 0.660. The first kappa shape index (κ1) is 16.0. The lowest BCUT2D eigenvalue weighted by molar-refractivity contribution is -0.132. The van der Waals surface area contributed by atoms with E-state index < -0.39 is 5.91 Å². The van der Waals surface area contributed by atoms with Gasteiger partial charge in [0.2, 0.25) is 0 Å². The molecule has 1 saturated heterocycles. The third-order valence-corrected chi connectivity index (χ3v) is 3.53. The van der Waals surface area contributed by atoms with Crippen molar-refractivity contribution in [2.75, 3.05) is 20.2 Å². The van der Waals surface area contributed by atoms with Gasteiger partial charge in [-0.05, 0) is 31.6 Å². The molecule has 118 valence electrons. The molecule has 1 aromatic carbocycles. The summed E-state index contributed by atoms with van der Waals surface area (Å²) < 4.78 is 5.25. The first-order valence-corrected chi connectivity index (χ1v) is 7.07. The molecule has 1 fully saturated rings. The van der Waals surface area contributed by atoms with Crippen LogP contribution in [-0.2, 0) is 9.63 Å². The second-order valence-electron chi connectivity index (χ2n) is 5.15. The van der Waals surface area contributed by atoms with Crippen molar-refractivity contribution in [1.29, 1.82) is 0 Å². The molecule has 1 aliphatic rings. The Hall–Kier alpha value is -2.34. The highest BCUT2D eigenvalue weighted by Crippen LogP contribution is 2.23. The Kier molecular flexibility index (Phi) is 5.16. The normalized spacial score (nSPS) is 17.2. The molecule has 0 spiro atoms. The number of likely N-dealkylation sites (tertiary alicyclic amines) is 1. The summed E-state index contributed by atoms with van der Waals surface area (Å²) in [6.45, 7) is 6.27. The number of benzene rings is 1. The fourth-order valence-electron chi connectivity index (χ4n) is 2.35. The largest absolute Gasteiger partial charge is 0.496 e. The monoisotopic (exact) mass is 304 g/mol. The van der Waals surface area contributed by atoms with Gasteiger partial charge in [-0.15, -0.1) is 0 Å². The number of rotatable bonds is 5. The van der Waals surface area contributed by atoms with Crippen molar-refractivity contribution >= 4 is 11.8 Å². The van der Waals surface area contributed by atoms with E-state index in [9.17, 15) is 9.59 Å². The van der Waals surface area contributed by atoms with Crippen LogP contribution < -0.4 is 10.2 Å². The Balaban J connectivity index is 2.01. The van der Waals surface area contributed by atoms with Gasteiger partial charge in [-0.25, -0.2) is 5.48 Å². The minimum absolute atomic E-state index is 0.0957. The number of hydrogen-bond acceptors (Lipinski definition) is 4. The van der Waals surface area contributed by atoms with Gasteiger partial charge in [-0.1, -0.05) is 18.2 Å². The van der Waals surface area contributed by atoms with E-state index in [2.05, 4.69) is 12.1 Å². The summed E-state index contributed by atoms with van der Waals surface area (Å²) in [5.41, 5.74) is 3.82. The molecule has 22 heavy (non-hydrogen) atoms. The van der Waals surface area contributed by atoms with Crippen LogP contribution in [0.4, 0.5) is 0 Å². The van der Waals surface area contributed by atoms with Crippen LogP contribution in [0.2, 0.25) is 0 Å². The molecule has 0 aromatic heterocycles. The average Bonchev–Trinajstić information content (AvgIpc) is 3.00. The van der Waals surface area contributed by atoms with Gasteiger partial charge >= 0.3 is 0 Å². The van der Waals surface area contributed by atoms with E-state index in [1.165, 1.54) is 0 Å². The summed E-state index contributed by atoms with van der Waals surface area (Å²) in [5.74, 6) is 0.0618. The zero-order valence-corrected chi connectivity index (χ0v) is 12.8. The number of nitrogens with one attached hydrogen (secondary N) is 1. The third-order valence-electron chi connectivity index (χ3n) is 3.53. The fraction of sp³-hybridized carbons (Fsp3) is 0.375. The van der Waals surface area contributed by atoms with Crippen molar-refractivity contribution in [3.63, 3.8) is 0 Å². The van der Waals surface area contributed by atoms with Gasteiger partial charge < -0.3 is 9.64 Å². The minimum Gasteiger partial charge on any atom is -0.496 e. The molecular formula is C16H20N2O4. The smallest absolute Gasteiger partial charge is 0.266 e. The van der Waals surface area contributed by atoms with E-state index in [1.54, 1.807) is 18.1 Å². The number of ether oxygens (including phenoxy) is 1. The molecule has 1 aliphatic heterocycles. The molecule has 0 aliphatic carbocycles. The Morgan fingerprint density at radius 1 is 1.45 bits per heavy atom. The van der Waals surface area contributed by atoms with Gasteiger partial charge in [0.1, 0.15) is 11.9 Å². The summed E-state index contributed by atoms with van der Waals surface area (Å²) in [4.78, 5) is 30.6. The molecular weight excluding hydrogens is 284 g/mol. The van der Waals surface area contributed by atoms with E-state index in [0.717, 1.165) is 11.6 Å². The number of amides is 2. The molecule has 1 heterocycles. The summed E-state index contributed by atoms with van der Waals surface area (Å²) in [6, 6.07) is 5.50. The van der Waals surface area contributed by atoms with E-state index in [4.69, 9.17) is 9.57 Å². The third kappa shape index (κ3) is 3.65. The molecule has 1 atom stereocenters. The van der Waals surface area contributed by atoms with Gasteiger partial charge in [-0.3, -0.25) is 14.4 Å². The van der Waals surface area contributed by atoms with E-state index in [-0.39, 0.29) is 12.0 Å². The van der Waals surface area contributed by atoms with E-state index in [1.807, 2.05) is 19.1 Å². The van der Waals surface area contributed by atoms with Crippen molar-refractivity contribution in [2.24, 2.45) is 0 Å². The van der Waals surface area contributed by atoms with Crippen LogP contribution in [0.25, 0.3) is 0 Å². The molecule has 1 N–H and O–H groups in total. The highest BCUT2D eigenvalue weighted by molar-refractivity contribution is 5.97. The highest BCUT2D eigenvalue weighted by Gasteiger charge is 2.29. The summed E-state index contributed by atoms with van der Waals surface area (Å²) in [5, 5.41) is 0. The number of carbonyl (C=O) groups is 2. The first-order chi connectivity index (χ1) is 10.5. The second-order valence-corrected chi connectivity index (χ2v) is 5.15. The highest BCUT2D eigenvalue weighted by atomic mass is 16.7. The second kappa shape index (κ2) is 7.09. The predicted octanol–water partition coefficient (Wildman–Crippen LogP) is 1.45. The number of aryl methyl sites for hydroxylation is 1. The molecule has 2 rings (SSSR count). The van der Waals surface area contributed by atoms with Gasteiger partial charge in [0.05, 0.1) is 12.7 Å². The van der Waals surface area contributed by atoms with Crippen molar-refractivity contribution in [3.8, 4) is 5.75 Å². The SMILES string of the molecule is C=CC(=O)NO[C@H]1CCN(C(=O)c2cc(C)ccc2OC)C1. The van der Waals surface area contributed by atoms with Crippen molar-refractivity contribution < 1.29 is 19.2 Å². The Labute approximate surface area is 129 Å². The molecule has 0 radical (unpaired) electrons. The number of hydroxylamine groups is 1. The van der Waals surface area contributed by atoms with Gasteiger partial charge in [0.15, 0.2) is 0 Å². The molecule has 2 amide bonds. The molecule has 1 aromatic rings. The predicted molar refractivity (Wildman–Crippen MR) is 81.5 cm³/mol. The molecule has 0 bridgehead atoms. The van der Waals surface area contributed by atoms with Crippen LogP contribution in [0.5, 0.6) is 5.75 Å². The topological polar surface area (TPSA) is 67.9 Å². The Morgan fingerprint density at radius 3 is 2.91 bits per heavy atom. The van der Waals surface area contributed by atoms with Crippen LogP contribution in [0, 0.1) is 6.92 Å². The number of nitrogens with zero attached hydrogens (tertiary/aromatic N) is 1. The zero-order chi connectivity index (χ0) is 16.1. The van der Waals surface area contributed by atoms with Crippen LogP contribution in [-0.4, -0.2) is 43.0 Å². The first-order valence-electron chi connectivity index (χ1n) is 7.07. The summed E-state index contributed by atoms with van der Waals surface area (Å²) >= 11 is 0. The summed E-state index contributed by atoms with van der Waals surface area (Å²) in [7, 11) is 1.54. The molecule has 0 saturated carbocycles. The van der Waals surface area contributed by atoms with E-state index >= 15 is 0 Å². The lowest BCUT2D eigenvalue weighted by Gasteiger charge is -2.18. The maximum atomic E-state index is 12.6. The van der Waals surface area contributed by atoms with Crippen LogP contribution in [0.3, 0.4) is 0 Å². The van der Waals surface area contributed by atoms with Crippen LogP contribution in [0.15, 0.2) is 30.9 Å². The zero-order valence-electron chi connectivity index (χ0n) is 12.8. The molecule has 0 unspecified atom stereocenters. The summed E-state index contributed by atoms with van der Waals surface area (Å²) in [6.07, 6.45) is 1.58.